The first-order valence-electron chi connectivity index (χ1n) is 5.04. The fourth-order valence-corrected chi connectivity index (χ4v) is 0.908. The molecule has 0 heterocycles. The lowest BCUT2D eigenvalue weighted by atomic mass is 9.97. The molecule has 0 rings (SSSR count). The smallest absolute Gasteiger partial charge is 0.323 e. The second-order valence-electron chi connectivity index (χ2n) is 4.34. The van der Waals surface area contributed by atoms with Crippen molar-refractivity contribution in [2.75, 3.05) is 6.61 Å². The summed E-state index contributed by atoms with van der Waals surface area (Å²) < 4.78 is 10.5. The van der Waals surface area contributed by atoms with Crippen LogP contribution in [0.3, 0.4) is 0 Å². The number of carbonyl (C=O) groups excluding carboxylic acids is 1. The maximum atomic E-state index is 11.2. The van der Waals surface area contributed by atoms with Crippen LogP contribution in [0.4, 0.5) is 0 Å². The highest BCUT2D eigenvalue weighted by Gasteiger charge is 2.22. The third kappa shape index (κ3) is 7.20. The summed E-state index contributed by atoms with van der Waals surface area (Å²) in [6.07, 6.45) is 0.811. The minimum Gasteiger partial charge on any atom is -0.457 e. The third-order valence-electron chi connectivity index (χ3n) is 1.79. The van der Waals surface area contributed by atoms with Gasteiger partial charge >= 0.3 is 5.97 Å². The number of rotatable bonds is 6. The summed E-state index contributed by atoms with van der Waals surface area (Å²) in [6, 6.07) is 0. The van der Waals surface area contributed by atoms with Gasteiger partial charge in [-0.05, 0) is 33.2 Å². The van der Waals surface area contributed by atoms with E-state index in [1.54, 1.807) is 0 Å². The number of esters is 1. The van der Waals surface area contributed by atoms with Crippen LogP contribution in [0.25, 0.3) is 0 Å². The lowest BCUT2D eigenvalue weighted by Crippen LogP contribution is -2.30. The summed E-state index contributed by atoms with van der Waals surface area (Å²) >= 11 is 0. The van der Waals surface area contributed by atoms with Crippen LogP contribution in [0.5, 0.6) is 0 Å². The highest BCUT2D eigenvalue weighted by molar-refractivity contribution is 6.34. The molecule has 0 aromatic rings. The SMILES string of the molecule is [B]C(=C)C(=O)OC(C)(C)CCOC(C)C. The molecule has 84 valence electrons. The largest absolute Gasteiger partial charge is 0.457 e. The van der Waals surface area contributed by atoms with Gasteiger partial charge in [-0.15, -0.1) is 0 Å². The Morgan fingerprint density at radius 3 is 2.40 bits per heavy atom. The molecule has 3 nitrogen and oxygen atoms in total. The zero-order chi connectivity index (χ0) is 12.1. The molecule has 0 amide bonds. The van der Waals surface area contributed by atoms with E-state index in [1.807, 2.05) is 27.7 Å². The molecule has 0 aliphatic rings. The van der Waals surface area contributed by atoms with E-state index in [-0.39, 0.29) is 11.6 Å². The van der Waals surface area contributed by atoms with Crippen molar-refractivity contribution in [3.05, 3.63) is 12.1 Å². The fourth-order valence-electron chi connectivity index (χ4n) is 0.908. The molecular weight excluding hydrogens is 191 g/mol. The lowest BCUT2D eigenvalue weighted by molar-refractivity contribution is -0.152. The molecule has 0 saturated carbocycles. The van der Waals surface area contributed by atoms with Crippen LogP contribution in [0.2, 0.25) is 0 Å². The molecule has 0 aromatic carbocycles. The van der Waals surface area contributed by atoms with E-state index < -0.39 is 11.6 Å². The summed E-state index contributed by atoms with van der Waals surface area (Å²) in [7, 11) is 5.22. The molecular formula is C11H19BO3. The van der Waals surface area contributed by atoms with E-state index in [9.17, 15) is 4.79 Å². The molecule has 0 unspecified atom stereocenters. The van der Waals surface area contributed by atoms with E-state index >= 15 is 0 Å². The van der Waals surface area contributed by atoms with Gasteiger partial charge in [0.25, 0.3) is 0 Å². The first-order valence-corrected chi connectivity index (χ1v) is 5.04. The lowest BCUT2D eigenvalue weighted by Gasteiger charge is -2.25. The monoisotopic (exact) mass is 210 g/mol. The molecule has 4 heteroatoms. The zero-order valence-corrected chi connectivity index (χ0v) is 10.0. The molecule has 0 aromatic heterocycles. The predicted octanol–water partition coefficient (Wildman–Crippen LogP) is 1.81. The van der Waals surface area contributed by atoms with Crippen molar-refractivity contribution >= 4 is 13.8 Å². The van der Waals surface area contributed by atoms with Gasteiger partial charge < -0.3 is 9.47 Å². The molecule has 0 fully saturated rings. The second kappa shape index (κ2) is 5.96. The summed E-state index contributed by atoms with van der Waals surface area (Å²) in [5.74, 6) is -0.565. The minimum absolute atomic E-state index is 0.0761. The molecule has 0 aliphatic heterocycles. The van der Waals surface area contributed by atoms with Gasteiger partial charge in [0.1, 0.15) is 13.4 Å². The maximum Gasteiger partial charge on any atom is 0.323 e. The standard InChI is InChI=1S/C11H19BO3/c1-8(2)14-7-6-11(4,5)15-10(13)9(3)12/h8H,3,6-7H2,1-2,4-5H3. The zero-order valence-electron chi connectivity index (χ0n) is 10.0. The Morgan fingerprint density at radius 2 is 2.00 bits per heavy atom. The number of hydrogen-bond donors (Lipinski definition) is 0. The maximum absolute atomic E-state index is 11.2. The van der Waals surface area contributed by atoms with Crippen molar-refractivity contribution in [3.8, 4) is 0 Å². The van der Waals surface area contributed by atoms with E-state index in [4.69, 9.17) is 17.3 Å². The van der Waals surface area contributed by atoms with Crippen LogP contribution >= 0.6 is 0 Å². The van der Waals surface area contributed by atoms with E-state index in [1.165, 1.54) is 0 Å². The summed E-state index contributed by atoms with van der Waals surface area (Å²) in [6.45, 7) is 11.4. The van der Waals surface area contributed by atoms with Gasteiger partial charge in [-0.3, -0.25) is 0 Å². The van der Waals surface area contributed by atoms with Crippen LogP contribution in [0.15, 0.2) is 12.1 Å². The summed E-state index contributed by atoms with van der Waals surface area (Å²) in [4.78, 5) is 11.2. The van der Waals surface area contributed by atoms with Crippen LogP contribution in [-0.4, -0.2) is 32.1 Å². The molecule has 0 spiro atoms. The highest BCUT2D eigenvalue weighted by Crippen LogP contribution is 2.16. The Hall–Kier alpha value is -0.765. The van der Waals surface area contributed by atoms with Gasteiger partial charge in [-0.2, -0.15) is 0 Å². The van der Waals surface area contributed by atoms with Crippen molar-refractivity contribution in [1.29, 1.82) is 0 Å². The first kappa shape index (κ1) is 14.2. The van der Waals surface area contributed by atoms with Gasteiger partial charge in [0.15, 0.2) is 0 Å². The minimum atomic E-state index is -0.575. The molecule has 0 atom stereocenters. The summed E-state index contributed by atoms with van der Waals surface area (Å²) in [5.41, 5.74) is -0.651. The van der Waals surface area contributed by atoms with Crippen LogP contribution in [0, 0.1) is 0 Å². The molecule has 0 saturated heterocycles. The number of carbonyl (C=O) groups is 1. The van der Waals surface area contributed by atoms with Crippen LogP contribution in [-0.2, 0) is 14.3 Å². The molecule has 0 bridgehead atoms. The van der Waals surface area contributed by atoms with Gasteiger partial charge in [0.2, 0.25) is 0 Å². The van der Waals surface area contributed by atoms with Crippen molar-refractivity contribution in [3.63, 3.8) is 0 Å². The molecule has 0 aliphatic carbocycles. The van der Waals surface area contributed by atoms with Gasteiger partial charge in [-0.1, -0.05) is 6.58 Å². The third-order valence-corrected chi connectivity index (χ3v) is 1.79. The van der Waals surface area contributed by atoms with E-state index in [2.05, 4.69) is 6.58 Å². The van der Waals surface area contributed by atoms with Crippen molar-refractivity contribution < 1.29 is 14.3 Å². The van der Waals surface area contributed by atoms with Gasteiger partial charge in [0, 0.05) is 6.42 Å². The molecule has 2 radical (unpaired) electrons. The quantitative estimate of drug-likeness (QED) is 0.381. The Balaban J connectivity index is 3.96. The Labute approximate surface area is 93.2 Å². The first-order chi connectivity index (χ1) is 6.74. The van der Waals surface area contributed by atoms with Crippen molar-refractivity contribution in [2.24, 2.45) is 0 Å². The number of ether oxygens (including phenoxy) is 2. The Kier molecular flexibility index (Phi) is 5.65. The highest BCUT2D eigenvalue weighted by atomic mass is 16.6. The van der Waals surface area contributed by atoms with Crippen molar-refractivity contribution in [2.45, 2.75) is 45.8 Å². The average Bonchev–Trinajstić information content (AvgIpc) is 2.01. The normalized spacial score (nSPS) is 11.5. The van der Waals surface area contributed by atoms with Crippen LogP contribution in [0.1, 0.15) is 34.1 Å². The topological polar surface area (TPSA) is 35.5 Å². The van der Waals surface area contributed by atoms with E-state index in [0.29, 0.717) is 13.0 Å². The van der Waals surface area contributed by atoms with Crippen molar-refractivity contribution in [1.82, 2.24) is 0 Å². The Bertz CT molecular complexity index is 234. The fraction of sp³-hybridized carbons (Fsp3) is 0.727. The summed E-state index contributed by atoms with van der Waals surface area (Å²) in [5, 5.41) is 0. The number of hydrogen-bond acceptors (Lipinski definition) is 3. The van der Waals surface area contributed by atoms with E-state index in [0.717, 1.165) is 0 Å². The Morgan fingerprint density at radius 1 is 1.47 bits per heavy atom. The molecule has 0 N–H and O–H groups in total. The van der Waals surface area contributed by atoms with Gasteiger partial charge in [-0.25, -0.2) is 4.79 Å². The predicted molar refractivity (Wildman–Crippen MR) is 60.8 cm³/mol. The average molecular weight is 210 g/mol. The van der Waals surface area contributed by atoms with Crippen LogP contribution < -0.4 is 0 Å². The second-order valence-corrected chi connectivity index (χ2v) is 4.34. The molecule has 15 heavy (non-hydrogen) atoms. The van der Waals surface area contributed by atoms with Gasteiger partial charge in [0.05, 0.1) is 12.7 Å².